The molecular formula is C16H23NO3. The van der Waals surface area contributed by atoms with E-state index in [1.165, 1.54) is 18.3 Å². The average molecular weight is 277 g/mol. The van der Waals surface area contributed by atoms with Crippen molar-refractivity contribution in [1.82, 2.24) is 5.32 Å². The molecule has 0 heterocycles. The molecule has 1 amide bonds. The predicted molar refractivity (Wildman–Crippen MR) is 76.9 cm³/mol. The van der Waals surface area contributed by atoms with Gasteiger partial charge in [0.25, 0.3) is 0 Å². The van der Waals surface area contributed by atoms with Crippen LogP contribution in [-0.2, 0) is 14.3 Å². The van der Waals surface area contributed by atoms with Crippen LogP contribution in [-0.4, -0.2) is 25.5 Å². The Balaban J connectivity index is 2.48. The number of carbonyl (C=O) groups is 2. The first-order valence-electron chi connectivity index (χ1n) is 7.08. The smallest absolute Gasteiger partial charge is 0.335 e. The molecule has 4 nitrogen and oxygen atoms in total. The number of fused-ring (bicyclic) bond motifs is 1. The van der Waals surface area contributed by atoms with Gasteiger partial charge in [-0.2, -0.15) is 0 Å². The van der Waals surface area contributed by atoms with Crippen molar-refractivity contribution in [1.29, 1.82) is 0 Å². The summed E-state index contributed by atoms with van der Waals surface area (Å²) in [6, 6.07) is 0. The lowest BCUT2D eigenvalue weighted by Gasteiger charge is -2.66. The van der Waals surface area contributed by atoms with Crippen molar-refractivity contribution >= 4 is 11.9 Å². The number of carbonyl (C=O) groups excluding carboxylic acids is 2. The Morgan fingerprint density at radius 3 is 2.05 bits per heavy atom. The molecule has 2 rings (SSSR count). The summed E-state index contributed by atoms with van der Waals surface area (Å²) in [6.45, 7) is 10.8. The molecule has 1 N–H and O–H groups in total. The Hall–Kier alpha value is -1.58. The van der Waals surface area contributed by atoms with E-state index in [1.54, 1.807) is 0 Å². The number of hydrogen-bond acceptors (Lipinski definition) is 3. The molecule has 0 saturated carbocycles. The zero-order valence-corrected chi connectivity index (χ0v) is 13.1. The topological polar surface area (TPSA) is 55.4 Å². The minimum atomic E-state index is -0.390. The normalized spacial score (nSPS) is 31.3. The first-order valence-corrected chi connectivity index (χ1v) is 7.08. The number of ether oxygens (including phenoxy) is 1. The minimum Gasteiger partial charge on any atom is -0.466 e. The second-order valence-electron chi connectivity index (χ2n) is 6.00. The molecule has 0 aromatic heterocycles. The minimum absolute atomic E-state index is 0.140. The number of rotatable bonds is 4. The molecule has 110 valence electrons. The lowest BCUT2D eigenvalue weighted by atomic mass is 9.35. The fraction of sp³-hybridized carbons (Fsp3) is 0.625. The summed E-state index contributed by atoms with van der Waals surface area (Å²) in [4.78, 5) is 24.5. The Bertz CT molecular complexity index is 558. The number of methoxy groups -OCH3 is 1. The van der Waals surface area contributed by atoms with E-state index in [4.69, 9.17) is 4.74 Å². The first kappa shape index (κ1) is 14.8. The van der Waals surface area contributed by atoms with Crippen LogP contribution >= 0.6 is 0 Å². The summed E-state index contributed by atoms with van der Waals surface area (Å²) in [5.41, 5.74) is 2.78. The molecule has 2 atom stereocenters. The predicted octanol–water partition coefficient (Wildman–Crippen LogP) is 2.36. The van der Waals surface area contributed by atoms with Crippen LogP contribution in [0.2, 0.25) is 0 Å². The van der Waals surface area contributed by atoms with Gasteiger partial charge in [0.2, 0.25) is 5.91 Å². The summed E-state index contributed by atoms with van der Waals surface area (Å²) >= 11 is 0. The van der Waals surface area contributed by atoms with Gasteiger partial charge in [-0.1, -0.05) is 31.9 Å². The second-order valence-corrected chi connectivity index (χ2v) is 6.00. The van der Waals surface area contributed by atoms with E-state index in [9.17, 15) is 9.59 Å². The summed E-state index contributed by atoms with van der Waals surface area (Å²) in [5.74, 6) is -0.530. The van der Waals surface area contributed by atoms with E-state index in [0.29, 0.717) is 17.7 Å². The first-order chi connectivity index (χ1) is 9.28. The van der Waals surface area contributed by atoms with Gasteiger partial charge < -0.3 is 10.1 Å². The quantitative estimate of drug-likeness (QED) is 0.634. The summed E-state index contributed by atoms with van der Waals surface area (Å²) < 4.78 is 4.89. The molecule has 0 bridgehead atoms. The molecule has 20 heavy (non-hydrogen) atoms. The lowest BCUT2D eigenvalue weighted by molar-refractivity contribution is -0.141. The maximum atomic E-state index is 12.4. The van der Waals surface area contributed by atoms with E-state index >= 15 is 0 Å². The highest BCUT2D eigenvalue weighted by atomic mass is 16.5. The van der Waals surface area contributed by atoms with Gasteiger partial charge in [-0.25, -0.2) is 4.79 Å². The van der Waals surface area contributed by atoms with Crippen molar-refractivity contribution < 1.29 is 14.3 Å². The van der Waals surface area contributed by atoms with E-state index in [0.717, 1.165) is 6.42 Å². The van der Waals surface area contributed by atoms with Crippen molar-refractivity contribution in [3.63, 3.8) is 0 Å². The molecule has 0 aromatic rings. The number of esters is 1. The van der Waals surface area contributed by atoms with E-state index in [-0.39, 0.29) is 16.7 Å². The third-order valence-corrected chi connectivity index (χ3v) is 5.46. The third kappa shape index (κ3) is 1.37. The molecule has 0 fully saturated rings. The van der Waals surface area contributed by atoms with Crippen LogP contribution < -0.4 is 5.32 Å². The van der Waals surface area contributed by atoms with Gasteiger partial charge >= 0.3 is 5.97 Å². The van der Waals surface area contributed by atoms with Crippen molar-refractivity contribution in [2.75, 3.05) is 13.7 Å². The Labute approximate surface area is 120 Å². The van der Waals surface area contributed by atoms with Crippen molar-refractivity contribution in [3.05, 3.63) is 22.3 Å². The Morgan fingerprint density at radius 1 is 1.10 bits per heavy atom. The highest BCUT2D eigenvalue weighted by Gasteiger charge is 2.71. The van der Waals surface area contributed by atoms with Crippen LogP contribution in [0.15, 0.2) is 22.3 Å². The summed E-state index contributed by atoms with van der Waals surface area (Å²) in [6.07, 6.45) is 0.869. The highest BCUT2D eigenvalue weighted by Crippen LogP contribution is 2.74. The van der Waals surface area contributed by atoms with Crippen LogP contribution in [0.3, 0.4) is 0 Å². The van der Waals surface area contributed by atoms with Gasteiger partial charge in [-0.15, -0.1) is 0 Å². The van der Waals surface area contributed by atoms with Gasteiger partial charge in [-0.3, -0.25) is 4.79 Å². The lowest BCUT2D eigenvalue weighted by Crippen LogP contribution is -2.63. The summed E-state index contributed by atoms with van der Waals surface area (Å²) in [5, 5.41) is 2.88. The van der Waals surface area contributed by atoms with Gasteiger partial charge in [0, 0.05) is 22.9 Å². The van der Waals surface area contributed by atoms with E-state index in [2.05, 4.69) is 5.32 Å². The second kappa shape index (κ2) is 4.47. The van der Waals surface area contributed by atoms with Gasteiger partial charge in [0.15, 0.2) is 0 Å². The maximum absolute atomic E-state index is 12.4. The fourth-order valence-electron chi connectivity index (χ4n) is 3.83. The van der Waals surface area contributed by atoms with Crippen molar-refractivity contribution in [2.45, 2.75) is 41.0 Å². The number of nitrogens with one attached hydrogen (secondary N) is 1. The molecule has 4 heteroatoms. The molecule has 0 aromatic carbocycles. The molecule has 2 aliphatic rings. The van der Waals surface area contributed by atoms with Gasteiger partial charge in [0.05, 0.1) is 12.7 Å². The monoisotopic (exact) mass is 277 g/mol. The zero-order valence-electron chi connectivity index (χ0n) is 13.1. The third-order valence-electron chi connectivity index (χ3n) is 5.46. The SMILES string of the molecule is CCCNC(=O)C1=C(C(=O)OC)C2(C)C(C)=C(C)C12C. The molecule has 0 spiro atoms. The number of hydrogen-bond donors (Lipinski definition) is 1. The fourth-order valence-corrected chi connectivity index (χ4v) is 3.83. The van der Waals surface area contributed by atoms with Gasteiger partial charge in [-0.05, 0) is 20.3 Å². The van der Waals surface area contributed by atoms with Crippen LogP contribution in [0, 0.1) is 10.8 Å². The maximum Gasteiger partial charge on any atom is 0.335 e. The van der Waals surface area contributed by atoms with E-state index < -0.39 is 5.97 Å². The standard InChI is InChI=1S/C16H23NO3/c1-7-8-17-13(18)11-12(14(19)20-6)16(5)10(3)9(2)15(11,16)4/h7-8H2,1-6H3,(H,17,18). The highest BCUT2D eigenvalue weighted by molar-refractivity contribution is 6.11. The average Bonchev–Trinajstić information content (AvgIpc) is 2.45. The number of allylic oxidation sites excluding steroid dienone is 2. The molecule has 0 radical (unpaired) electrons. The summed E-state index contributed by atoms with van der Waals surface area (Å²) in [7, 11) is 1.36. The molecule has 0 saturated heterocycles. The van der Waals surface area contributed by atoms with Gasteiger partial charge in [0.1, 0.15) is 0 Å². The van der Waals surface area contributed by atoms with Crippen molar-refractivity contribution in [2.24, 2.45) is 10.8 Å². The Kier molecular flexibility index (Phi) is 3.31. The van der Waals surface area contributed by atoms with Crippen LogP contribution in [0.4, 0.5) is 0 Å². The van der Waals surface area contributed by atoms with Crippen LogP contribution in [0.5, 0.6) is 0 Å². The van der Waals surface area contributed by atoms with Crippen LogP contribution in [0.25, 0.3) is 0 Å². The van der Waals surface area contributed by atoms with E-state index in [1.807, 2.05) is 34.6 Å². The Morgan fingerprint density at radius 2 is 1.60 bits per heavy atom. The molecule has 2 aliphatic carbocycles. The van der Waals surface area contributed by atoms with Crippen LogP contribution in [0.1, 0.15) is 41.0 Å². The molecule has 2 unspecified atom stereocenters. The zero-order chi connectivity index (χ0) is 15.3. The molecular weight excluding hydrogens is 254 g/mol. The van der Waals surface area contributed by atoms with Crippen molar-refractivity contribution in [3.8, 4) is 0 Å². The number of amides is 1. The largest absolute Gasteiger partial charge is 0.466 e. The molecule has 0 aliphatic heterocycles.